The number of carbonyl (C=O) groups is 1. The zero-order valence-electron chi connectivity index (χ0n) is 19.1. The zero-order valence-corrected chi connectivity index (χ0v) is 19.9. The van der Waals surface area contributed by atoms with E-state index in [0.29, 0.717) is 28.8 Å². The molecule has 1 aromatic carbocycles. The summed E-state index contributed by atoms with van der Waals surface area (Å²) in [7, 11) is 0. The Morgan fingerprint density at radius 1 is 1.11 bits per heavy atom. The molecule has 0 spiro atoms. The number of aromatic nitrogens is 5. The van der Waals surface area contributed by atoms with E-state index in [1.807, 2.05) is 4.90 Å². The van der Waals surface area contributed by atoms with Gasteiger partial charge in [-0.15, -0.1) is 0 Å². The molecule has 194 valence electrons. The van der Waals surface area contributed by atoms with Crippen molar-refractivity contribution < 1.29 is 26.7 Å². The Balaban J connectivity index is 1.32. The van der Waals surface area contributed by atoms with Gasteiger partial charge in [-0.25, -0.2) is 19.9 Å². The fourth-order valence-corrected chi connectivity index (χ4v) is 5.60. The van der Waals surface area contributed by atoms with Crippen molar-refractivity contribution in [2.75, 3.05) is 16.8 Å². The molecular weight excluding hydrogens is 533 g/mol. The summed E-state index contributed by atoms with van der Waals surface area (Å²) >= 11 is 6.06. The lowest BCUT2D eigenvalue weighted by Crippen LogP contribution is -2.40. The molecule has 4 aromatic rings. The molecule has 1 saturated heterocycles. The van der Waals surface area contributed by atoms with Gasteiger partial charge in [0.1, 0.15) is 22.7 Å². The maximum absolute atomic E-state index is 13.6. The molecule has 7 rings (SSSR count). The zero-order chi connectivity index (χ0) is 26.6. The van der Waals surface area contributed by atoms with Gasteiger partial charge in [-0.3, -0.25) is 4.79 Å². The van der Waals surface area contributed by atoms with E-state index in [4.69, 9.17) is 11.6 Å². The second-order valence-electron chi connectivity index (χ2n) is 9.46. The van der Waals surface area contributed by atoms with Crippen molar-refractivity contribution in [3.05, 3.63) is 64.7 Å². The number of halogens is 6. The van der Waals surface area contributed by atoms with Gasteiger partial charge in [0.05, 0.1) is 17.3 Å². The van der Waals surface area contributed by atoms with Crippen molar-refractivity contribution >= 4 is 34.8 Å². The standard InChI is InChI=1S/C24H15ClF5N7O/c25-12-3-1-11(2-4-12)23-15-10-37(15)20-16(23)18(35-21(23)38)33-17(34-20)14-9-36-8-7-31-19(36)13(32-14)5-6-22(26,27)24(28,29)30/h1-4,7-9,15H,5-6,10H2,(H,33,34,35,38). The normalized spacial score (nSPS) is 21.6. The van der Waals surface area contributed by atoms with Crippen LogP contribution in [0, 0.1) is 0 Å². The Bertz CT molecular complexity index is 1650. The molecule has 1 fully saturated rings. The summed E-state index contributed by atoms with van der Waals surface area (Å²) in [6.45, 7) is 0.588. The summed E-state index contributed by atoms with van der Waals surface area (Å²) in [6.07, 6.45) is -3.42. The molecular formula is C24H15ClF5N7O. The lowest BCUT2D eigenvalue weighted by molar-refractivity contribution is -0.284. The fourth-order valence-electron chi connectivity index (χ4n) is 5.48. The highest BCUT2D eigenvalue weighted by Crippen LogP contribution is 2.60. The van der Waals surface area contributed by atoms with Gasteiger partial charge in [-0.2, -0.15) is 22.0 Å². The minimum absolute atomic E-state index is 0.0545. The van der Waals surface area contributed by atoms with Crippen molar-refractivity contribution in [1.29, 1.82) is 0 Å². The second-order valence-corrected chi connectivity index (χ2v) is 9.90. The highest BCUT2D eigenvalue weighted by atomic mass is 35.5. The van der Waals surface area contributed by atoms with E-state index in [-0.39, 0.29) is 34.8 Å². The lowest BCUT2D eigenvalue weighted by Gasteiger charge is -2.23. The van der Waals surface area contributed by atoms with Crippen molar-refractivity contribution in [2.24, 2.45) is 0 Å². The monoisotopic (exact) mass is 547 g/mol. The van der Waals surface area contributed by atoms with E-state index in [9.17, 15) is 26.7 Å². The van der Waals surface area contributed by atoms with Crippen molar-refractivity contribution in [1.82, 2.24) is 24.3 Å². The van der Waals surface area contributed by atoms with Crippen molar-refractivity contribution in [2.45, 2.75) is 36.4 Å². The number of imidazole rings is 1. The molecule has 0 aliphatic carbocycles. The summed E-state index contributed by atoms with van der Waals surface area (Å²) in [5.74, 6) is -4.19. The molecule has 14 heteroatoms. The van der Waals surface area contributed by atoms with Gasteiger partial charge in [-0.05, 0) is 24.1 Å². The number of rotatable bonds is 5. The molecule has 2 unspecified atom stereocenters. The van der Waals surface area contributed by atoms with E-state index in [1.165, 1.54) is 23.0 Å². The molecule has 1 amide bonds. The van der Waals surface area contributed by atoms with Crippen LogP contribution in [0.25, 0.3) is 17.2 Å². The number of aryl methyl sites for hydroxylation is 1. The van der Waals surface area contributed by atoms with Crippen molar-refractivity contribution in [3.63, 3.8) is 0 Å². The first-order valence-corrected chi connectivity index (χ1v) is 11.9. The predicted octanol–water partition coefficient (Wildman–Crippen LogP) is 4.41. The first-order chi connectivity index (χ1) is 18.0. The minimum Gasteiger partial charge on any atom is -0.347 e. The molecule has 3 aliphatic rings. The molecule has 1 N–H and O–H groups in total. The molecule has 8 nitrogen and oxygen atoms in total. The molecule has 6 heterocycles. The van der Waals surface area contributed by atoms with E-state index in [0.717, 1.165) is 5.56 Å². The highest BCUT2D eigenvalue weighted by Gasteiger charge is 2.69. The van der Waals surface area contributed by atoms with E-state index < -0.39 is 30.4 Å². The van der Waals surface area contributed by atoms with Crippen LogP contribution in [0.15, 0.2) is 42.9 Å². The number of benzene rings is 1. The van der Waals surface area contributed by atoms with E-state index in [2.05, 4.69) is 25.3 Å². The van der Waals surface area contributed by atoms with Crippen LogP contribution >= 0.6 is 11.6 Å². The Morgan fingerprint density at radius 2 is 1.87 bits per heavy atom. The summed E-state index contributed by atoms with van der Waals surface area (Å²) in [4.78, 5) is 33.0. The van der Waals surface area contributed by atoms with E-state index >= 15 is 0 Å². The van der Waals surface area contributed by atoms with Gasteiger partial charge < -0.3 is 14.6 Å². The average Bonchev–Trinajstić information content (AvgIpc) is 3.26. The number of hydrogen-bond acceptors (Lipinski definition) is 6. The molecule has 3 aromatic heterocycles. The Hall–Kier alpha value is -3.87. The number of anilines is 2. The number of hydrogen-bond donors (Lipinski definition) is 1. The predicted molar refractivity (Wildman–Crippen MR) is 125 cm³/mol. The van der Waals surface area contributed by atoms with Crippen LogP contribution in [0.2, 0.25) is 5.02 Å². The van der Waals surface area contributed by atoms with Crippen LogP contribution in [0.1, 0.15) is 23.2 Å². The molecule has 38 heavy (non-hydrogen) atoms. The number of nitrogens with one attached hydrogen (secondary N) is 1. The SMILES string of the molecule is O=C1Nc2nc(-c3cn4ccnc4c(CCC(F)(F)C(F)(F)F)n3)nc3c2C1(c1ccc(Cl)cc1)C1CN31. The van der Waals surface area contributed by atoms with Crippen LogP contribution in [-0.4, -0.2) is 54.9 Å². The van der Waals surface area contributed by atoms with Crippen LogP contribution in [-0.2, 0) is 16.6 Å². The van der Waals surface area contributed by atoms with Crippen LogP contribution < -0.4 is 10.2 Å². The smallest absolute Gasteiger partial charge is 0.347 e. The summed E-state index contributed by atoms with van der Waals surface area (Å²) in [5, 5.41) is 3.38. The van der Waals surface area contributed by atoms with Crippen LogP contribution in [0.4, 0.5) is 33.6 Å². The van der Waals surface area contributed by atoms with Gasteiger partial charge in [0.25, 0.3) is 0 Å². The molecule has 2 atom stereocenters. The van der Waals surface area contributed by atoms with E-state index in [1.54, 1.807) is 24.3 Å². The second kappa shape index (κ2) is 7.37. The number of fused-ring (bicyclic) bond motifs is 4. The summed E-state index contributed by atoms with van der Waals surface area (Å²) in [5.41, 5.74) is 0.636. The third-order valence-electron chi connectivity index (χ3n) is 7.32. The summed E-state index contributed by atoms with van der Waals surface area (Å²) < 4.78 is 67.0. The Labute approximate surface area is 215 Å². The van der Waals surface area contributed by atoms with Crippen molar-refractivity contribution in [3.8, 4) is 11.5 Å². The van der Waals surface area contributed by atoms with Gasteiger partial charge in [-0.1, -0.05) is 23.7 Å². The lowest BCUT2D eigenvalue weighted by atomic mass is 9.74. The molecule has 0 radical (unpaired) electrons. The largest absolute Gasteiger partial charge is 0.453 e. The minimum atomic E-state index is -5.67. The average molecular weight is 548 g/mol. The summed E-state index contributed by atoms with van der Waals surface area (Å²) in [6, 6.07) is 6.87. The van der Waals surface area contributed by atoms with Crippen LogP contribution in [0.3, 0.4) is 0 Å². The topological polar surface area (TPSA) is 88.1 Å². The Morgan fingerprint density at radius 3 is 2.61 bits per heavy atom. The third-order valence-corrected chi connectivity index (χ3v) is 7.57. The van der Waals surface area contributed by atoms with Gasteiger partial charge >= 0.3 is 12.1 Å². The van der Waals surface area contributed by atoms with Gasteiger partial charge in [0.15, 0.2) is 11.5 Å². The first-order valence-electron chi connectivity index (χ1n) is 11.5. The molecule has 0 bridgehead atoms. The van der Waals surface area contributed by atoms with Gasteiger partial charge in [0, 0.05) is 36.6 Å². The third kappa shape index (κ3) is 3.04. The molecule has 0 saturated carbocycles. The molecule has 3 aliphatic heterocycles. The quantitative estimate of drug-likeness (QED) is 0.294. The van der Waals surface area contributed by atoms with Gasteiger partial charge in [0.2, 0.25) is 5.91 Å². The first kappa shape index (κ1) is 23.3. The number of carbonyl (C=O) groups excluding carboxylic acids is 1. The fraction of sp³-hybridized carbons (Fsp3) is 0.292. The number of nitrogens with zero attached hydrogens (tertiary/aromatic N) is 6. The Kier molecular flexibility index (Phi) is 4.51. The number of alkyl halides is 5. The highest BCUT2D eigenvalue weighted by molar-refractivity contribution is 6.30. The maximum Gasteiger partial charge on any atom is 0.453 e. The number of amides is 1. The van der Waals surface area contributed by atoms with Crippen LogP contribution in [0.5, 0.6) is 0 Å². The maximum atomic E-state index is 13.6.